The number of nitrogens with zero attached hydrogens (tertiary/aromatic N) is 2. The Hall–Kier alpha value is -2.56. The highest BCUT2D eigenvalue weighted by atomic mass is 32.2. The molecule has 0 spiro atoms. The third-order valence-corrected chi connectivity index (χ3v) is 5.81. The first-order valence-corrected chi connectivity index (χ1v) is 9.25. The molecule has 1 N–H and O–H groups in total. The van der Waals surface area contributed by atoms with E-state index < -0.39 is 20.8 Å². The van der Waals surface area contributed by atoms with Crippen molar-refractivity contribution in [1.29, 1.82) is 0 Å². The first kappa shape index (κ1) is 18.2. The van der Waals surface area contributed by atoms with Crippen LogP contribution in [0.2, 0.25) is 0 Å². The third-order valence-electron chi connectivity index (χ3n) is 3.89. The molecule has 3 rings (SSSR count). The summed E-state index contributed by atoms with van der Waals surface area (Å²) < 4.78 is 46.4. The van der Waals surface area contributed by atoms with E-state index in [-0.39, 0.29) is 35.2 Å². The molecule has 8 nitrogen and oxygen atoms in total. The maximum Gasteiger partial charge on any atom is 0.271 e. The Labute approximate surface area is 149 Å². The number of rotatable bonds is 5. The Morgan fingerprint density at radius 1 is 1.12 bits per heavy atom. The van der Waals surface area contributed by atoms with Crippen LogP contribution in [0, 0.1) is 15.9 Å². The van der Waals surface area contributed by atoms with Gasteiger partial charge in [0.2, 0.25) is 10.0 Å². The number of nitro groups is 1. The molecule has 0 bridgehead atoms. The SMILES string of the molecule is O=[N+]([O-])c1ccc(Oc2ccccc2F)c(S(=O)(=O)N2CCNCC2)c1. The van der Waals surface area contributed by atoms with E-state index >= 15 is 0 Å². The zero-order valence-corrected chi connectivity index (χ0v) is 14.4. The zero-order valence-electron chi connectivity index (χ0n) is 13.6. The molecule has 1 saturated heterocycles. The van der Waals surface area contributed by atoms with E-state index in [0.29, 0.717) is 13.1 Å². The van der Waals surface area contributed by atoms with Gasteiger partial charge in [-0.25, -0.2) is 12.8 Å². The van der Waals surface area contributed by atoms with Crippen LogP contribution in [0.15, 0.2) is 47.4 Å². The van der Waals surface area contributed by atoms with E-state index in [1.165, 1.54) is 34.6 Å². The highest BCUT2D eigenvalue weighted by molar-refractivity contribution is 7.89. The van der Waals surface area contributed by atoms with E-state index in [0.717, 1.165) is 12.1 Å². The molecule has 0 saturated carbocycles. The van der Waals surface area contributed by atoms with Crippen molar-refractivity contribution in [3.63, 3.8) is 0 Å². The molecule has 2 aromatic carbocycles. The Balaban J connectivity index is 2.07. The molecule has 0 amide bonds. The Morgan fingerprint density at radius 3 is 2.46 bits per heavy atom. The van der Waals surface area contributed by atoms with Crippen LogP contribution in [0.25, 0.3) is 0 Å². The molecule has 1 fully saturated rings. The second-order valence-electron chi connectivity index (χ2n) is 5.57. The molecule has 0 aliphatic carbocycles. The standard InChI is InChI=1S/C16H16FN3O5S/c17-13-3-1-2-4-14(13)25-15-6-5-12(20(21)22)11-16(15)26(23,24)19-9-7-18-8-10-19/h1-6,11,18H,7-10H2. The predicted molar refractivity (Wildman–Crippen MR) is 91.2 cm³/mol. The van der Waals surface area contributed by atoms with Crippen LogP contribution in [0.4, 0.5) is 10.1 Å². The molecule has 1 aliphatic rings. The number of sulfonamides is 1. The molecule has 0 atom stereocenters. The van der Waals surface area contributed by atoms with Crippen molar-refractivity contribution in [1.82, 2.24) is 9.62 Å². The number of non-ortho nitro benzene ring substituents is 1. The molecule has 2 aromatic rings. The lowest BCUT2D eigenvalue weighted by molar-refractivity contribution is -0.385. The fourth-order valence-electron chi connectivity index (χ4n) is 2.57. The number of hydrogen-bond acceptors (Lipinski definition) is 6. The van der Waals surface area contributed by atoms with E-state index in [1.807, 2.05) is 0 Å². The average Bonchev–Trinajstić information content (AvgIpc) is 2.64. The third kappa shape index (κ3) is 3.66. The van der Waals surface area contributed by atoms with E-state index in [4.69, 9.17) is 4.74 Å². The van der Waals surface area contributed by atoms with Crippen LogP contribution >= 0.6 is 0 Å². The van der Waals surface area contributed by atoms with Crippen molar-refractivity contribution in [2.24, 2.45) is 0 Å². The maximum atomic E-state index is 13.9. The largest absolute Gasteiger partial charge is 0.453 e. The van der Waals surface area contributed by atoms with E-state index in [9.17, 15) is 22.9 Å². The summed E-state index contributed by atoms with van der Waals surface area (Å²) in [6.45, 7) is 1.39. The lowest BCUT2D eigenvalue weighted by atomic mass is 10.3. The van der Waals surface area contributed by atoms with Gasteiger partial charge in [0.15, 0.2) is 11.6 Å². The molecule has 138 valence electrons. The minimum atomic E-state index is -4.04. The zero-order chi connectivity index (χ0) is 18.7. The number of benzene rings is 2. The van der Waals surface area contributed by atoms with Gasteiger partial charge in [0.05, 0.1) is 4.92 Å². The van der Waals surface area contributed by atoms with Gasteiger partial charge in [0.1, 0.15) is 10.6 Å². The molecular formula is C16H16FN3O5S. The van der Waals surface area contributed by atoms with Gasteiger partial charge < -0.3 is 10.1 Å². The lowest BCUT2D eigenvalue weighted by Gasteiger charge is -2.27. The molecule has 1 heterocycles. The van der Waals surface area contributed by atoms with Crippen LogP contribution in [-0.2, 0) is 10.0 Å². The highest BCUT2D eigenvalue weighted by Crippen LogP contribution is 2.34. The van der Waals surface area contributed by atoms with Gasteiger partial charge in [-0.15, -0.1) is 0 Å². The van der Waals surface area contributed by atoms with Crippen molar-refractivity contribution in [2.45, 2.75) is 4.90 Å². The normalized spacial score (nSPS) is 15.6. The minimum absolute atomic E-state index is 0.167. The second-order valence-corrected chi connectivity index (χ2v) is 7.48. The van der Waals surface area contributed by atoms with Crippen LogP contribution in [0.3, 0.4) is 0 Å². The second kappa shape index (κ2) is 7.36. The van der Waals surface area contributed by atoms with Crippen molar-refractivity contribution in [2.75, 3.05) is 26.2 Å². The van der Waals surface area contributed by atoms with Gasteiger partial charge in [-0.05, 0) is 18.2 Å². The minimum Gasteiger partial charge on any atom is -0.453 e. The summed E-state index contributed by atoms with van der Waals surface area (Å²) in [6.07, 6.45) is 0. The first-order chi connectivity index (χ1) is 12.4. The van der Waals surface area contributed by atoms with Gasteiger partial charge in [-0.3, -0.25) is 10.1 Å². The lowest BCUT2D eigenvalue weighted by Crippen LogP contribution is -2.46. The van der Waals surface area contributed by atoms with Gasteiger partial charge in [0.25, 0.3) is 5.69 Å². The number of nitro benzene ring substituents is 1. The fraction of sp³-hybridized carbons (Fsp3) is 0.250. The van der Waals surface area contributed by atoms with Crippen molar-refractivity contribution < 1.29 is 22.5 Å². The molecule has 10 heteroatoms. The van der Waals surface area contributed by atoms with Gasteiger partial charge in [0, 0.05) is 38.3 Å². The molecule has 26 heavy (non-hydrogen) atoms. The van der Waals surface area contributed by atoms with Crippen LogP contribution in [0.5, 0.6) is 11.5 Å². The molecule has 1 aliphatic heterocycles. The number of nitrogens with one attached hydrogen (secondary N) is 1. The quantitative estimate of drug-likeness (QED) is 0.629. The summed E-state index contributed by atoms with van der Waals surface area (Å²) in [6, 6.07) is 8.74. The number of halogens is 1. The van der Waals surface area contributed by atoms with Gasteiger partial charge in [-0.2, -0.15) is 4.31 Å². The fourth-order valence-corrected chi connectivity index (χ4v) is 4.14. The van der Waals surface area contributed by atoms with Gasteiger partial charge >= 0.3 is 0 Å². The summed E-state index contributed by atoms with van der Waals surface area (Å²) in [5, 5.41) is 14.1. The topological polar surface area (TPSA) is 102 Å². The maximum absolute atomic E-state index is 13.9. The molecule has 0 aromatic heterocycles. The predicted octanol–water partition coefficient (Wildman–Crippen LogP) is 2.12. The van der Waals surface area contributed by atoms with Crippen LogP contribution in [-0.4, -0.2) is 43.8 Å². The van der Waals surface area contributed by atoms with Crippen molar-refractivity contribution >= 4 is 15.7 Å². The van der Waals surface area contributed by atoms with Crippen LogP contribution < -0.4 is 10.1 Å². The Bertz CT molecular complexity index is 929. The summed E-state index contributed by atoms with van der Waals surface area (Å²) in [5.74, 6) is -1.01. The summed E-state index contributed by atoms with van der Waals surface area (Å²) >= 11 is 0. The first-order valence-electron chi connectivity index (χ1n) is 7.81. The van der Waals surface area contributed by atoms with E-state index in [1.54, 1.807) is 0 Å². The number of ether oxygens (including phenoxy) is 1. The van der Waals surface area contributed by atoms with Gasteiger partial charge in [-0.1, -0.05) is 12.1 Å². The summed E-state index contributed by atoms with van der Waals surface area (Å²) in [4.78, 5) is 10.0. The summed E-state index contributed by atoms with van der Waals surface area (Å²) in [5.41, 5.74) is -0.389. The Morgan fingerprint density at radius 2 is 1.81 bits per heavy atom. The highest BCUT2D eigenvalue weighted by Gasteiger charge is 2.31. The van der Waals surface area contributed by atoms with E-state index in [2.05, 4.69) is 5.32 Å². The Kier molecular flexibility index (Phi) is 5.16. The number of hydrogen-bond donors (Lipinski definition) is 1. The van der Waals surface area contributed by atoms with Crippen molar-refractivity contribution in [3.8, 4) is 11.5 Å². The summed E-state index contributed by atoms with van der Waals surface area (Å²) in [7, 11) is -4.04. The smallest absolute Gasteiger partial charge is 0.271 e. The number of para-hydroxylation sites is 1. The number of piperazine rings is 1. The molecular weight excluding hydrogens is 365 g/mol. The average molecular weight is 381 g/mol. The van der Waals surface area contributed by atoms with Crippen molar-refractivity contribution in [3.05, 3.63) is 58.4 Å². The van der Waals surface area contributed by atoms with Crippen LogP contribution in [0.1, 0.15) is 0 Å². The molecule has 0 radical (unpaired) electrons. The monoisotopic (exact) mass is 381 g/mol. The molecule has 0 unspecified atom stereocenters.